The van der Waals surface area contributed by atoms with Crippen LogP contribution in [0.2, 0.25) is 0 Å². The van der Waals surface area contributed by atoms with Gasteiger partial charge in [-0.3, -0.25) is 4.79 Å². The van der Waals surface area contributed by atoms with Crippen molar-refractivity contribution in [2.75, 3.05) is 18.0 Å². The van der Waals surface area contributed by atoms with Gasteiger partial charge >= 0.3 is 6.18 Å². The zero-order valence-electron chi connectivity index (χ0n) is 10.2. The maximum Gasteiger partial charge on any atom is 0.418 e. The van der Waals surface area contributed by atoms with Crippen LogP contribution < -0.4 is 4.90 Å². The molecule has 1 aliphatic rings. The van der Waals surface area contributed by atoms with Crippen LogP contribution in [0.5, 0.6) is 0 Å². The predicted molar refractivity (Wildman–Crippen MR) is 62.1 cm³/mol. The number of hydrogen-bond acceptors (Lipinski definition) is 4. The number of carbonyl (C=O) groups is 1. The maximum absolute atomic E-state index is 12.7. The first-order valence-electron chi connectivity index (χ1n) is 5.74. The Labute approximate surface area is 107 Å². The van der Waals surface area contributed by atoms with Gasteiger partial charge in [-0.05, 0) is 19.1 Å². The molecule has 19 heavy (non-hydrogen) atoms. The molecule has 0 radical (unpaired) electrons. The first kappa shape index (κ1) is 13.8. The molecule has 2 rings (SSSR count). The lowest BCUT2D eigenvalue weighted by molar-refractivity contribution is -0.250. The lowest BCUT2D eigenvalue weighted by Crippen LogP contribution is -2.47. The molecular formula is C12H13F3N2O2. The number of ketones is 1. The van der Waals surface area contributed by atoms with E-state index in [9.17, 15) is 23.1 Å². The van der Waals surface area contributed by atoms with Crippen molar-refractivity contribution in [3.05, 3.63) is 23.9 Å². The molecule has 0 aromatic carbocycles. The first-order valence-corrected chi connectivity index (χ1v) is 5.74. The van der Waals surface area contributed by atoms with Crippen LogP contribution in [0, 0.1) is 0 Å². The molecule has 0 saturated carbocycles. The molecule has 4 nitrogen and oxygen atoms in total. The molecule has 0 amide bonds. The number of alkyl halides is 3. The number of carbonyl (C=O) groups excluding carboxylic acids is 1. The number of pyridine rings is 1. The Balaban J connectivity index is 2.30. The fourth-order valence-corrected chi connectivity index (χ4v) is 2.13. The van der Waals surface area contributed by atoms with Crippen LogP contribution in [0.4, 0.5) is 19.0 Å². The number of Topliss-reactive ketones (excluding diaryl/α,β-unsaturated/α-hetero) is 1. The number of aromatic nitrogens is 1. The zero-order valence-corrected chi connectivity index (χ0v) is 10.2. The van der Waals surface area contributed by atoms with E-state index in [2.05, 4.69) is 4.98 Å². The molecule has 1 saturated heterocycles. The minimum Gasteiger partial charge on any atom is -0.379 e. The Bertz CT molecular complexity index is 504. The fourth-order valence-electron chi connectivity index (χ4n) is 2.13. The Morgan fingerprint density at radius 1 is 1.53 bits per heavy atom. The summed E-state index contributed by atoms with van der Waals surface area (Å²) in [5.74, 6) is -0.0827. The second-order valence-corrected chi connectivity index (χ2v) is 4.63. The summed E-state index contributed by atoms with van der Waals surface area (Å²) in [6.07, 6.45) is -3.70. The van der Waals surface area contributed by atoms with Crippen LogP contribution in [0.3, 0.4) is 0 Å². The normalized spacial score (nSPS) is 23.7. The highest BCUT2D eigenvalue weighted by molar-refractivity contribution is 5.98. The zero-order chi connectivity index (χ0) is 14.3. The Hall–Kier alpha value is -1.63. The van der Waals surface area contributed by atoms with Gasteiger partial charge in [0.2, 0.25) is 0 Å². The van der Waals surface area contributed by atoms with Gasteiger partial charge in [0.05, 0.1) is 12.1 Å². The number of hydrogen-bond donors (Lipinski definition) is 1. The molecule has 1 aromatic heterocycles. The van der Waals surface area contributed by atoms with Crippen LogP contribution in [-0.2, 0) is 0 Å². The van der Waals surface area contributed by atoms with Gasteiger partial charge in [0.1, 0.15) is 5.82 Å². The summed E-state index contributed by atoms with van der Waals surface area (Å²) in [5, 5.41) is 9.61. The van der Waals surface area contributed by atoms with Crippen LogP contribution >= 0.6 is 0 Å². The third-order valence-corrected chi connectivity index (χ3v) is 3.24. The van der Waals surface area contributed by atoms with E-state index in [1.165, 1.54) is 24.1 Å². The maximum atomic E-state index is 12.7. The van der Waals surface area contributed by atoms with E-state index in [4.69, 9.17) is 0 Å². The third-order valence-electron chi connectivity index (χ3n) is 3.24. The molecule has 1 unspecified atom stereocenters. The average molecular weight is 274 g/mol. The summed E-state index contributed by atoms with van der Waals surface area (Å²) in [5.41, 5.74) is -2.48. The van der Waals surface area contributed by atoms with Crippen molar-refractivity contribution in [1.82, 2.24) is 4.98 Å². The summed E-state index contributed by atoms with van der Waals surface area (Å²) in [6.45, 7) is 0.730. The first-order chi connectivity index (χ1) is 8.74. The molecule has 7 heteroatoms. The number of rotatable bonds is 2. The van der Waals surface area contributed by atoms with E-state index in [-0.39, 0.29) is 23.7 Å². The molecule has 1 atom stereocenters. The van der Waals surface area contributed by atoms with Crippen molar-refractivity contribution >= 4 is 11.6 Å². The highest BCUT2D eigenvalue weighted by Crippen LogP contribution is 2.39. The fraction of sp³-hybridized carbons (Fsp3) is 0.500. The van der Waals surface area contributed by atoms with Gasteiger partial charge < -0.3 is 10.0 Å². The Kier molecular flexibility index (Phi) is 3.25. The lowest BCUT2D eigenvalue weighted by Gasteiger charge is -2.26. The highest BCUT2D eigenvalue weighted by atomic mass is 19.4. The predicted octanol–water partition coefficient (Wildman–Crippen LogP) is 1.79. The Morgan fingerprint density at radius 2 is 2.21 bits per heavy atom. The van der Waals surface area contributed by atoms with Crippen molar-refractivity contribution in [1.29, 1.82) is 0 Å². The van der Waals surface area contributed by atoms with E-state index in [0.717, 1.165) is 0 Å². The summed E-state index contributed by atoms with van der Waals surface area (Å²) >= 11 is 0. The lowest BCUT2D eigenvalue weighted by atomic mass is 10.0. The monoisotopic (exact) mass is 274 g/mol. The largest absolute Gasteiger partial charge is 0.418 e. The smallest absolute Gasteiger partial charge is 0.379 e. The quantitative estimate of drug-likeness (QED) is 0.835. The molecule has 0 bridgehead atoms. The molecule has 0 spiro atoms. The summed E-state index contributed by atoms with van der Waals surface area (Å²) < 4.78 is 38.2. The molecular weight excluding hydrogens is 261 g/mol. The molecule has 0 aliphatic carbocycles. The van der Waals surface area contributed by atoms with Gasteiger partial charge in [0, 0.05) is 19.2 Å². The van der Waals surface area contributed by atoms with Crippen molar-refractivity contribution < 1.29 is 23.1 Å². The molecule has 2 heterocycles. The molecule has 1 aliphatic heterocycles. The second kappa shape index (κ2) is 4.48. The van der Waals surface area contributed by atoms with Crippen molar-refractivity contribution in [3.63, 3.8) is 0 Å². The SMILES string of the molecule is CC(=O)c1cccnc1N1CCC(O)(C(F)(F)F)C1. The van der Waals surface area contributed by atoms with E-state index in [1.807, 2.05) is 0 Å². The van der Waals surface area contributed by atoms with Gasteiger partial charge in [-0.15, -0.1) is 0 Å². The minimum absolute atomic E-state index is 0.00725. The Morgan fingerprint density at radius 3 is 2.74 bits per heavy atom. The molecule has 1 fully saturated rings. The minimum atomic E-state index is -4.69. The van der Waals surface area contributed by atoms with E-state index in [0.29, 0.717) is 0 Å². The van der Waals surface area contributed by atoms with Gasteiger partial charge in [-0.25, -0.2) is 4.98 Å². The van der Waals surface area contributed by atoms with E-state index < -0.39 is 24.7 Å². The van der Waals surface area contributed by atoms with E-state index in [1.54, 1.807) is 6.07 Å². The standard InChI is InChI=1S/C12H13F3N2O2/c1-8(18)9-3-2-5-16-10(9)17-6-4-11(19,7-17)12(13,14)15/h2-3,5,19H,4,6-7H2,1H3. The van der Waals surface area contributed by atoms with E-state index >= 15 is 0 Å². The second-order valence-electron chi connectivity index (χ2n) is 4.63. The van der Waals surface area contributed by atoms with Gasteiger partial charge in [-0.2, -0.15) is 13.2 Å². The average Bonchev–Trinajstić information content (AvgIpc) is 2.72. The number of β-amino-alcohol motifs (C(OH)–C–C–N with tert-alkyl or cyclic N) is 1. The summed E-state index contributed by atoms with van der Waals surface area (Å²) in [7, 11) is 0. The number of halogens is 3. The number of aliphatic hydroxyl groups is 1. The van der Waals surface area contributed by atoms with Crippen LogP contribution in [0.25, 0.3) is 0 Å². The van der Waals surface area contributed by atoms with Crippen LogP contribution in [-0.4, -0.2) is 40.7 Å². The van der Waals surface area contributed by atoms with Crippen molar-refractivity contribution in [2.24, 2.45) is 0 Å². The molecule has 1 aromatic rings. The topological polar surface area (TPSA) is 53.4 Å². The molecule has 1 N–H and O–H groups in total. The van der Waals surface area contributed by atoms with Gasteiger partial charge in [0.25, 0.3) is 0 Å². The molecule has 104 valence electrons. The third kappa shape index (κ3) is 2.42. The van der Waals surface area contributed by atoms with Crippen molar-refractivity contribution in [3.8, 4) is 0 Å². The highest BCUT2D eigenvalue weighted by Gasteiger charge is 2.57. The summed E-state index contributed by atoms with van der Waals surface area (Å²) in [4.78, 5) is 16.7. The van der Waals surface area contributed by atoms with Gasteiger partial charge in [0.15, 0.2) is 11.4 Å². The van der Waals surface area contributed by atoms with Gasteiger partial charge in [-0.1, -0.05) is 0 Å². The van der Waals surface area contributed by atoms with Crippen LogP contribution in [0.1, 0.15) is 23.7 Å². The summed E-state index contributed by atoms with van der Waals surface area (Å²) in [6, 6.07) is 3.06. The number of anilines is 1. The van der Waals surface area contributed by atoms with Crippen molar-refractivity contribution in [2.45, 2.75) is 25.1 Å². The number of nitrogens with zero attached hydrogens (tertiary/aromatic N) is 2. The van der Waals surface area contributed by atoms with Crippen LogP contribution in [0.15, 0.2) is 18.3 Å².